The highest BCUT2D eigenvalue weighted by Gasteiger charge is 2.30. The zero-order valence-electron chi connectivity index (χ0n) is 29.0. The zero-order valence-corrected chi connectivity index (χ0v) is 29.7. The number of amides is 4. The maximum atomic E-state index is 13.9. The molecule has 272 valence electrons. The summed E-state index contributed by atoms with van der Waals surface area (Å²) in [7, 11) is 2.06. The Hall–Kier alpha value is -5.27. The molecule has 1 aliphatic heterocycles. The first-order valence-corrected chi connectivity index (χ1v) is 17.9. The van der Waals surface area contributed by atoms with E-state index in [1.807, 2.05) is 53.4 Å². The van der Waals surface area contributed by atoms with Crippen LogP contribution in [0.1, 0.15) is 41.6 Å². The number of halogens is 1. The molecule has 52 heavy (non-hydrogen) atoms. The molecule has 4 aromatic rings. The first-order chi connectivity index (χ1) is 25.1. The molecule has 1 aliphatic carbocycles. The summed E-state index contributed by atoms with van der Waals surface area (Å²) in [6, 6.07) is 21.6. The van der Waals surface area contributed by atoms with Gasteiger partial charge in [-0.15, -0.1) is 10.2 Å². The largest absolute Gasteiger partial charge is 0.465 e. The third kappa shape index (κ3) is 9.53. The van der Waals surface area contributed by atoms with Gasteiger partial charge in [0.15, 0.2) is 5.82 Å². The van der Waals surface area contributed by atoms with Crippen molar-refractivity contribution < 1.29 is 24.3 Å². The molecule has 2 aliphatic rings. The second kappa shape index (κ2) is 16.8. The molecule has 1 aromatic heterocycles. The monoisotopic (exact) mass is 726 g/mol. The summed E-state index contributed by atoms with van der Waals surface area (Å²) in [6.07, 6.45) is 1.84. The molecule has 4 amide bonds. The van der Waals surface area contributed by atoms with E-state index in [4.69, 9.17) is 16.7 Å². The Labute approximate surface area is 307 Å². The van der Waals surface area contributed by atoms with Crippen molar-refractivity contribution >= 4 is 41.1 Å². The fourth-order valence-corrected chi connectivity index (χ4v) is 6.94. The molecule has 3 aromatic carbocycles. The predicted molar refractivity (Wildman–Crippen MR) is 198 cm³/mol. The van der Waals surface area contributed by atoms with Gasteiger partial charge in [-0.2, -0.15) is 0 Å². The number of hydrogen-bond acceptors (Lipinski definition) is 7. The van der Waals surface area contributed by atoms with Crippen molar-refractivity contribution in [1.29, 1.82) is 0 Å². The minimum Gasteiger partial charge on any atom is -0.465 e. The summed E-state index contributed by atoms with van der Waals surface area (Å²) in [5, 5.41) is 25.3. The number of benzene rings is 3. The molecule has 1 saturated carbocycles. The number of nitrogens with one attached hydrogen (secondary N) is 4. The molecule has 1 atom stereocenters. The molecule has 6 rings (SSSR count). The Balaban J connectivity index is 1.17. The summed E-state index contributed by atoms with van der Waals surface area (Å²) in [5.74, 6) is -0.169. The van der Waals surface area contributed by atoms with Crippen LogP contribution >= 0.6 is 11.6 Å². The molecule has 5 N–H and O–H groups in total. The van der Waals surface area contributed by atoms with Crippen LogP contribution in [-0.4, -0.2) is 99.7 Å². The van der Waals surface area contributed by atoms with E-state index in [9.17, 15) is 19.2 Å². The molecule has 0 unspecified atom stereocenters. The normalized spacial score (nSPS) is 18.3. The van der Waals surface area contributed by atoms with Gasteiger partial charge in [-0.05, 0) is 103 Å². The molecule has 13 nitrogen and oxygen atoms in total. The van der Waals surface area contributed by atoms with Gasteiger partial charge in [0.25, 0.3) is 5.91 Å². The van der Waals surface area contributed by atoms with Crippen molar-refractivity contribution in [2.45, 2.75) is 38.1 Å². The second-order valence-corrected chi connectivity index (χ2v) is 13.9. The highest BCUT2D eigenvalue weighted by molar-refractivity contribution is 6.28. The lowest BCUT2D eigenvalue weighted by atomic mass is 9.81. The van der Waals surface area contributed by atoms with Crippen LogP contribution in [0.2, 0.25) is 5.28 Å². The van der Waals surface area contributed by atoms with E-state index in [1.165, 1.54) is 0 Å². The van der Waals surface area contributed by atoms with Gasteiger partial charge in [-0.3, -0.25) is 14.4 Å². The third-order valence-electron chi connectivity index (χ3n) is 9.88. The van der Waals surface area contributed by atoms with E-state index >= 15 is 0 Å². The SMILES string of the molecule is CN1CCN(C(=O)c2cccc(-c3cccc(C[C@H](NC(=O)[C@H]4CC[C@H](CNC(=O)O)CC4)C(=O)Nc4ccc(-c5nnc(Cl)[nH]5)cc4)c3)c2)CC1. The number of piperazine rings is 1. The van der Waals surface area contributed by atoms with Crippen LogP contribution < -0.4 is 16.0 Å². The number of nitrogens with zero attached hydrogens (tertiary/aromatic N) is 4. The number of aromatic nitrogens is 3. The lowest BCUT2D eigenvalue weighted by Gasteiger charge is -2.32. The topological polar surface area (TPSA) is 173 Å². The Morgan fingerprint density at radius 3 is 2.25 bits per heavy atom. The summed E-state index contributed by atoms with van der Waals surface area (Å²) in [5.41, 5.74) is 4.53. The molecule has 2 fully saturated rings. The first kappa shape index (κ1) is 36.5. The molecule has 0 bridgehead atoms. The zero-order chi connectivity index (χ0) is 36.6. The van der Waals surface area contributed by atoms with Gasteiger partial charge in [0.05, 0.1) is 0 Å². The van der Waals surface area contributed by atoms with Gasteiger partial charge in [0.2, 0.25) is 17.1 Å². The fraction of sp³-hybridized carbons (Fsp3) is 0.368. The van der Waals surface area contributed by atoms with Crippen molar-refractivity contribution in [3.05, 3.63) is 89.2 Å². The summed E-state index contributed by atoms with van der Waals surface area (Å²) in [4.78, 5) is 58.7. The van der Waals surface area contributed by atoms with E-state index < -0.39 is 12.1 Å². The number of hydrogen-bond donors (Lipinski definition) is 5. The van der Waals surface area contributed by atoms with Crippen LogP contribution in [0.5, 0.6) is 0 Å². The van der Waals surface area contributed by atoms with Crippen molar-refractivity contribution in [3.8, 4) is 22.5 Å². The van der Waals surface area contributed by atoms with E-state index in [1.54, 1.807) is 24.3 Å². The maximum Gasteiger partial charge on any atom is 0.404 e. The average Bonchev–Trinajstić information content (AvgIpc) is 3.60. The van der Waals surface area contributed by atoms with Crippen molar-refractivity contribution in [2.24, 2.45) is 11.8 Å². The number of likely N-dealkylation sites (N-methyl/N-ethyl adjacent to an activating group) is 1. The highest BCUT2D eigenvalue weighted by atomic mass is 35.5. The minimum atomic E-state index is -1.05. The van der Waals surface area contributed by atoms with Gasteiger partial charge in [0.1, 0.15) is 6.04 Å². The number of carbonyl (C=O) groups excluding carboxylic acids is 3. The van der Waals surface area contributed by atoms with Gasteiger partial charge in [-0.25, -0.2) is 4.79 Å². The number of anilines is 1. The molecule has 0 radical (unpaired) electrons. The summed E-state index contributed by atoms with van der Waals surface area (Å²) >= 11 is 5.88. The predicted octanol–water partition coefficient (Wildman–Crippen LogP) is 4.92. The van der Waals surface area contributed by atoms with Crippen LogP contribution in [-0.2, 0) is 16.0 Å². The van der Waals surface area contributed by atoms with Crippen LogP contribution in [0, 0.1) is 11.8 Å². The Morgan fingerprint density at radius 2 is 1.58 bits per heavy atom. The lowest BCUT2D eigenvalue weighted by molar-refractivity contribution is -0.130. The second-order valence-electron chi connectivity index (χ2n) is 13.6. The lowest BCUT2D eigenvalue weighted by Crippen LogP contribution is -2.48. The van der Waals surface area contributed by atoms with Crippen molar-refractivity contribution in [2.75, 3.05) is 45.1 Å². The quantitative estimate of drug-likeness (QED) is 0.145. The minimum absolute atomic E-state index is 0.00962. The standard InChI is InChI=1S/C38H43ClN8O5/c1-46-16-18-47(19-17-46)36(50)30-7-3-6-29(22-30)28-5-2-4-25(20-28)21-32(42-34(48)27-10-8-24(9-11-27)23-40-38(51)52)35(49)41-31-14-12-26(13-15-31)33-43-37(39)45-44-33/h2-7,12-15,20,22,24,27,32,40H,8-11,16-19,21,23H2,1H3,(H,41,49)(H,42,48)(H,51,52)(H,43,44,45)/t24-,27-,32-/m0/s1. The number of carbonyl (C=O) groups is 4. The highest BCUT2D eigenvalue weighted by Crippen LogP contribution is 2.29. The molecule has 1 saturated heterocycles. The van der Waals surface area contributed by atoms with Gasteiger partial charge >= 0.3 is 6.09 Å². The van der Waals surface area contributed by atoms with E-state index in [0.717, 1.165) is 48.2 Å². The van der Waals surface area contributed by atoms with Crippen LogP contribution in [0.25, 0.3) is 22.5 Å². The number of rotatable bonds is 11. The van der Waals surface area contributed by atoms with Crippen LogP contribution in [0.3, 0.4) is 0 Å². The molecule has 2 heterocycles. The average molecular weight is 727 g/mol. The summed E-state index contributed by atoms with van der Waals surface area (Å²) in [6.45, 7) is 3.42. The van der Waals surface area contributed by atoms with Crippen molar-refractivity contribution in [1.82, 2.24) is 35.6 Å². The Morgan fingerprint density at radius 1 is 0.885 bits per heavy atom. The summed E-state index contributed by atoms with van der Waals surface area (Å²) < 4.78 is 0. The Bertz CT molecular complexity index is 1880. The van der Waals surface area contributed by atoms with Gasteiger partial charge < -0.3 is 35.8 Å². The molecule has 0 spiro atoms. The van der Waals surface area contributed by atoms with E-state index in [0.29, 0.717) is 49.6 Å². The smallest absolute Gasteiger partial charge is 0.404 e. The molecular formula is C38H43ClN8O5. The van der Waals surface area contributed by atoms with Crippen LogP contribution in [0.15, 0.2) is 72.8 Å². The van der Waals surface area contributed by atoms with E-state index in [2.05, 4.69) is 43.1 Å². The molecular weight excluding hydrogens is 684 g/mol. The number of H-pyrrole nitrogens is 1. The fourth-order valence-electron chi connectivity index (χ4n) is 6.81. The first-order valence-electron chi connectivity index (χ1n) is 17.5. The van der Waals surface area contributed by atoms with E-state index in [-0.39, 0.29) is 41.3 Å². The van der Waals surface area contributed by atoms with Crippen molar-refractivity contribution in [3.63, 3.8) is 0 Å². The number of aromatic amines is 1. The Kier molecular flexibility index (Phi) is 11.8. The van der Waals surface area contributed by atoms with Gasteiger partial charge in [-0.1, -0.05) is 36.4 Å². The molecule has 14 heteroatoms. The number of carboxylic acid groups (broad SMARTS) is 1. The maximum absolute atomic E-state index is 13.9. The van der Waals surface area contributed by atoms with Crippen LogP contribution in [0.4, 0.5) is 10.5 Å². The third-order valence-corrected chi connectivity index (χ3v) is 10.0. The van der Waals surface area contributed by atoms with Gasteiger partial charge in [0, 0.05) is 61.9 Å².